The van der Waals surface area contributed by atoms with Crippen molar-refractivity contribution in [3.05, 3.63) is 45.9 Å². The number of methoxy groups -OCH3 is 1. The van der Waals surface area contributed by atoms with Crippen LogP contribution in [0.25, 0.3) is 0 Å². The number of hydrogen-bond donors (Lipinski definition) is 1. The van der Waals surface area contributed by atoms with Crippen molar-refractivity contribution >= 4 is 11.3 Å². The molecule has 0 saturated heterocycles. The zero-order valence-corrected chi connectivity index (χ0v) is 10.8. The number of ether oxygens (including phenoxy) is 1. The zero-order valence-electron chi connectivity index (χ0n) is 10.0. The Kier molecular flexibility index (Phi) is 3.76. The molecule has 2 N–H and O–H groups in total. The molecule has 0 aliphatic carbocycles. The molecule has 1 unspecified atom stereocenters. The van der Waals surface area contributed by atoms with Gasteiger partial charge in [-0.25, -0.2) is 4.98 Å². The van der Waals surface area contributed by atoms with Crippen LogP contribution in [-0.2, 0) is 0 Å². The highest BCUT2D eigenvalue weighted by molar-refractivity contribution is 7.09. The van der Waals surface area contributed by atoms with E-state index in [4.69, 9.17) is 10.5 Å². The third kappa shape index (κ3) is 2.65. The maximum Gasteiger partial charge on any atom is 0.118 e. The molecule has 0 fully saturated rings. The van der Waals surface area contributed by atoms with Gasteiger partial charge in [-0.3, -0.25) is 0 Å². The van der Waals surface area contributed by atoms with Crippen LogP contribution in [0.2, 0.25) is 0 Å². The molecule has 1 heterocycles. The van der Waals surface area contributed by atoms with Gasteiger partial charge in [0.25, 0.3) is 0 Å². The summed E-state index contributed by atoms with van der Waals surface area (Å²) in [6, 6.07) is 8.01. The van der Waals surface area contributed by atoms with E-state index in [1.807, 2.05) is 31.2 Å². The largest absolute Gasteiger partial charge is 0.497 e. The Morgan fingerprint density at radius 1 is 1.35 bits per heavy atom. The van der Waals surface area contributed by atoms with E-state index in [9.17, 15) is 0 Å². The number of aryl methyl sites for hydroxylation is 1. The smallest absolute Gasteiger partial charge is 0.118 e. The molecule has 0 amide bonds. The quantitative estimate of drug-likeness (QED) is 0.904. The van der Waals surface area contributed by atoms with Crippen LogP contribution in [-0.4, -0.2) is 18.6 Å². The van der Waals surface area contributed by atoms with Gasteiger partial charge in [0, 0.05) is 23.5 Å². The van der Waals surface area contributed by atoms with Crippen molar-refractivity contribution < 1.29 is 4.74 Å². The fourth-order valence-corrected chi connectivity index (χ4v) is 2.69. The average Bonchev–Trinajstić information content (AvgIpc) is 2.78. The summed E-state index contributed by atoms with van der Waals surface area (Å²) in [5.74, 6) is 1.04. The Balaban J connectivity index is 2.28. The monoisotopic (exact) mass is 248 g/mol. The highest BCUT2D eigenvalue weighted by atomic mass is 32.1. The van der Waals surface area contributed by atoms with Gasteiger partial charge in [-0.1, -0.05) is 12.1 Å². The van der Waals surface area contributed by atoms with Crippen LogP contribution in [0.5, 0.6) is 5.75 Å². The average molecular weight is 248 g/mol. The Labute approximate surface area is 105 Å². The van der Waals surface area contributed by atoms with E-state index in [-0.39, 0.29) is 5.92 Å². The minimum atomic E-state index is 0.180. The highest BCUT2D eigenvalue weighted by Crippen LogP contribution is 2.27. The summed E-state index contributed by atoms with van der Waals surface area (Å²) in [5, 5.41) is 3.14. The summed E-state index contributed by atoms with van der Waals surface area (Å²) >= 11 is 1.66. The second-order valence-corrected chi connectivity index (χ2v) is 4.78. The SMILES string of the molecule is COc1ccc(C(CN)c2nc(C)cs2)cc1. The lowest BCUT2D eigenvalue weighted by molar-refractivity contribution is 0.414. The van der Waals surface area contributed by atoms with Gasteiger partial charge in [-0.05, 0) is 24.6 Å². The van der Waals surface area contributed by atoms with Crippen LogP contribution in [0.4, 0.5) is 0 Å². The highest BCUT2D eigenvalue weighted by Gasteiger charge is 2.15. The summed E-state index contributed by atoms with van der Waals surface area (Å²) < 4.78 is 5.15. The van der Waals surface area contributed by atoms with Crippen LogP contribution in [0.1, 0.15) is 22.2 Å². The van der Waals surface area contributed by atoms with E-state index in [2.05, 4.69) is 10.4 Å². The van der Waals surface area contributed by atoms with E-state index < -0.39 is 0 Å². The molecule has 0 aliphatic rings. The number of thiazole rings is 1. The minimum absolute atomic E-state index is 0.180. The van der Waals surface area contributed by atoms with Gasteiger partial charge in [-0.15, -0.1) is 11.3 Å². The molecule has 0 saturated carbocycles. The lowest BCUT2D eigenvalue weighted by Gasteiger charge is -2.12. The zero-order chi connectivity index (χ0) is 12.3. The molecule has 17 heavy (non-hydrogen) atoms. The second kappa shape index (κ2) is 5.29. The number of nitrogens with zero attached hydrogens (tertiary/aromatic N) is 1. The van der Waals surface area contributed by atoms with Gasteiger partial charge in [0.15, 0.2) is 0 Å². The summed E-state index contributed by atoms with van der Waals surface area (Å²) in [6.45, 7) is 2.57. The first-order valence-corrected chi connectivity index (χ1v) is 6.38. The van der Waals surface area contributed by atoms with Crippen molar-refractivity contribution in [1.82, 2.24) is 4.98 Å². The molecule has 1 aromatic carbocycles. The van der Waals surface area contributed by atoms with Crippen LogP contribution in [0.15, 0.2) is 29.6 Å². The lowest BCUT2D eigenvalue weighted by atomic mass is 10.00. The maximum atomic E-state index is 5.85. The molecule has 4 heteroatoms. The Morgan fingerprint density at radius 3 is 2.53 bits per heavy atom. The molecule has 2 rings (SSSR count). The minimum Gasteiger partial charge on any atom is -0.497 e. The lowest BCUT2D eigenvalue weighted by Crippen LogP contribution is -2.13. The van der Waals surface area contributed by atoms with Gasteiger partial charge in [0.2, 0.25) is 0 Å². The molecule has 0 bridgehead atoms. The Bertz CT molecular complexity index is 478. The van der Waals surface area contributed by atoms with Gasteiger partial charge >= 0.3 is 0 Å². The van der Waals surface area contributed by atoms with Crippen LogP contribution in [0, 0.1) is 6.92 Å². The number of benzene rings is 1. The fraction of sp³-hybridized carbons (Fsp3) is 0.308. The van der Waals surface area contributed by atoms with Crippen molar-refractivity contribution in [2.45, 2.75) is 12.8 Å². The van der Waals surface area contributed by atoms with E-state index in [1.165, 1.54) is 5.56 Å². The third-order valence-corrected chi connectivity index (χ3v) is 3.77. The maximum absolute atomic E-state index is 5.85. The predicted octanol–water partition coefficient (Wildman–Crippen LogP) is 2.55. The van der Waals surface area contributed by atoms with E-state index >= 15 is 0 Å². The topological polar surface area (TPSA) is 48.1 Å². The fourth-order valence-electron chi connectivity index (χ4n) is 1.75. The molecule has 1 aromatic heterocycles. The molecule has 0 radical (unpaired) electrons. The van der Waals surface area contributed by atoms with Gasteiger partial charge < -0.3 is 10.5 Å². The molecular weight excluding hydrogens is 232 g/mol. The van der Waals surface area contributed by atoms with Crippen molar-refractivity contribution in [2.24, 2.45) is 5.73 Å². The number of rotatable bonds is 4. The van der Waals surface area contributed by atoms with Crippen LogP contribution >= 0.6 is 11.3 Å². The van der Waals surface area contributed by atoms with Crippen LogP contribution < -0.4 is 10.5 Å². The van der Waals surface area contributed by atoms with E-state index in [0.717, 1.165) is 16.5 Å². The standard InChI is InChI=1S/C13H16N2OS/c1-9-8-17-13(15-9)12(7-14)10-3-5-11(16-2)6-4-10/h3-6,8,12H,7,14H2,1-2H3. The molecule has 3 nitrogen and oxygen atoms in total. The first-order chi connectivity index (χ1) is 8.24. The van der Waals surface area contributed by atoms with Gasteiger partial charge in [0.05, 0.1) is 7.11 Å². The van der Waals surface area contributed by atoms with Crippen molar-refractivity contribution in [1.29, 1.82) is 0 Å². The van der Waals surface area contributed by atoms with Crippen molar-refractivity contribution in [3.63, 3.8) is 0 Å². The van der Waals surface area contributed by atoms with Crippen LogP contribution in [0.3, 0.4) is 0 Å². The summed E-state index contributed by atoms with van der Waals surface area (Å²) in [6.07, 6.45) is 0. The first-order valence-electron chi connectivity index (χ1n) is 5.50. The molecule has 1 atom stereocenters. The molecule has 2 aromatic rings. The normalized spacial score (nSPS) is 12.4. The Morgan fingerprint density at radius 2 is 2.06 bits per heavy atom. The molecular formula is C13H16N2OS. The van der Waals surface area contributed by atoms with Crippen molar-refractivity contribution in [3.8, 4) is 5.75 Å². The summed E-state index contributed by atoms with van der Waals surface area (Å²) in [7, 11) is 1.67. The van der Waals surface area contributed by atoms with E-state index in [1.54, 1.807) is 18.4 Å². The second-order valence-electron chi connectivity index (χ2n) is 3.89. The number of hydrogen-bond acceptors (Lipinski definition) is 4. The predicted molar refractivity (Wildman–Crippen MR) is 70.7 cm³/mol. The third-order valence-electron chi connectivity index (χ3n) is 2.69. The molecule has 0 aliphatic heterocycles. The number of nitrogens with two attached hydrogens (primary N) is 1. The van der Waals surface area contributed by atoms with E-state index in [0.29, 0.717) is 6.54 Å². The molecule has 90 valence electrons. The number of aromatic nitrogens is 1. The molecule has 0 spiro atoms. The summed E-state index contributed by atoms with van der Waals surface area (Å²) in [4.78, 5) is 4.51. The first kappa shape index (κ1) is 12.1. The Hall–Kier alpha value is -1.39. The van der Waals surface area contributed by atoms with Crippen molar-refractivity contribution in [2.75, 3.05) is 13.7 Å². The van der Waals surface area contributed by atoms with Gasteiger partial charge in [-0.2, -0.15) is 0 Å². The van der Waals surface area contributed by atoms with Gasteiger partial charge in [0.1, 0.15) is 10.8 Å². The summed E-state index contributed by atoms with van der Waals surface area (Å²) in [5.41, 5.74) is 8.09.